The summed E-state index contributed by atoms with van der Waals surface area (Å²) in [5, 5.41) is 11.8. The zero-order valence-corrected chi connectivity index (χ0v) is 11.2. The third-order valence-corrected chi connectivity index (χ3v) is 3.23. The largest absolute Gasteiger partial charge is 0.491 e. The number of ether oxygens (including phenoxy) is 1. The normalized spacial score (nSPS) is 11.4. The van der Waals surface area contributed by atoms with Crippen molar-refractivity contribution in [1.82, 2.24) is 5.32 Å². The summed E-state index contributed by atoms with van der Waals surface area (Å²) in [6.07, 6.45) is 1.22. The molecule has 5 nitrogen and oxygen atoms in total. The lowest BCUT2D eigenvalue weighted by molar-refractivity contribution is 0.200. The van der Waals surface area contributed by atoms with Gasteiger partial charge < -0.3 is 15.2 Å². The van der Waals surface area contributed by atoms with Crippen LogP contribution in [0.1, 0.15) is 5.56 Å². The molecule has 0 atom stereocenters. The van der Waals surface area contributed by atoms with Crippen LogP contribution in [0.2, 0.25) is 0 Å². The second-order valence-corrected chi connectivity index (χ2v) is 6.25. The zero-order chi connectivity index (χ0) is 13.4. The summed E-state index contributed by atoms with van der Waals surface area (Å²) in [4.78, 5) is 0. The molecule has 0 aliphatic heterocycles. The van der Waals surface area contributed by atoms with E-state index >= 15 is 0 Å². The maximum atomic E-state index is 11.0. The summed E-state index contributed by atoms with van der Waals surface area (Å²) in [5.74, 6) is 0.825. The SMILES string of the molecule is CS(=O)(=O)CCNCc1ccccc1OCCO. The summed E-state index contributed by atoms with van der Waals surface area (Å²) in [7, 11) is -2.93. The Morgan fingerprint density at radius 3 is 2.72 bits per heavy atom. The maximum Gasteiger partial charge on any atom is 0.148 e. The van der Waals surface area contributed by atoms with Crippen LogP contribution in [0, 0.1) is 0 Å². The molecule has 6 heteroatoms. The first-order chi connectivity index (χ1) is 8.53. The van der Waals surface area contributed by atoms with Gasteiger partial charge in [-0.1, -0.05) is 18.2 Å². The number of aliphatic hydroxyl groups excluding tert-OH is 1. The van der Waals surface area contributed by atoms with Crippen LogP contribution < -0.4 is 10.1 Å². The minimum absolute atomic E-state index is 0.0319. The molecule has 0 radical (unpaired) electrons. The highest BCUT2D eigenvalue weighted by Gasteiger charge is 2.04. The summed E-state index contributed by atoms with van der Waals surface area (Å²) >= 11 is 0. The Labute approximate surface area is 108 Å². The first-order valence-electron chi connectivity index (χ1n) is 5.73. The first kappa shape index (κ1) is 14.9. The van der Waals surface area contributed by atoms with Crippen molar-refractivity contribution < 1.29 is 18.3 Å². The van der Waals surface area contributed by atoms with Gasteiger partial charge in [-0.05, 0) is 6.07 Å². The first-order valence-corrected chi connectivity index (χ1v) is 7.79. The number of para-hydroxylation sites is 1. The number of hydrogen-bond donors (Lipinski definition) is 2. The molecule has 0 saturated carbocycles. The lowest BCUT2D eigenvalue weighted by atomic mass is 10.2. The molecule has 0 fully saturated rings. The van der Waals surface area contributed by atoms with E-state index in [-0.39, 0.29) is 19.0 Å². The number of sulfone groups is 1. The van der Waals surface area contributed by atoms with E-state index in [4.69, 9.17) is 9.84 Å². The Morgan fingerprint density at radius 1 is 1.33 bits per heavy atom. The molecule has 0 heterocycles. The van der Waals surface area contributed by atoms with Crippen molar-refractivity contribution in [3.8, 4) is 5.75 Å². The molecule has 2 N–H and O–H groups in total. The predicted octanol–water partition coefficient (Wildman–Crippen LogP) is 0.192. The Balaban J connectivity index is 2.46. The van der Waals surface area contributed by atoms with Crippen LogP contribution in [0.4, 0.5) is 0 Å². The molecule has 1 rings (SSSR count). The highest BCUT2D eigenvalue weighted by atomic mass is 32.2. The molecule has 0 bridgehead atoms. The molecule has 0 spiro atoms. The van der Waals surface area contributed by atoms with Crippen molar-refractivity contribution in [2.24, 2.45) is 0 Å². The van der Waals surface area contributed by atoms with E-state index in [0.29, 0.717) is 18.8 Å². The minimum Gasteiger partial charge on any atom is -0.491 e. The molecule has 0 aromatic heterocycles. The summed E-state index contributed by atoms with van der Waals surface area (Å²) in [6.45, 7) is 1.17. The van der Waals surface area contributed by atoms with E-state index in [1.54, 1.807) is 0 Å². The van der Waals surface area contributed by atoms with Gasteiger partial charge in [0.1, 0.15) is 22.2 Å². The van der Waals surface area contributed by atoms with Gasteiger partial charge in [0.15, 0.2) is 0 Å². The minimum atomic E-state index is -2.93. The number of hydrogen-bond acceptors (Lipinski definition) is 5. The molecule has 0 aliphatic rings. The topological polar surface area (TPSA) is 75.6 Å². The average Bonchev–Trinajstić information content (AvgIpc) is 2.32. The Bertz CT molecular complexity index is 459. The van der Waals surface area contributed by atoms with Gasteiger partial charge in [-0.2, -0.15) is 0 Å². The maximum absolute atomic E-state index is 11.0. The fraction of sp³-hybridized carbons (Fsp3) is 0.500. The van der Waals surface area contributed by atoms with E-state index in [0.717, 1.165) is 5.56 Å². The molecule has 0 amide bonds. The molecular weight excluding hydrogens is 254 g/mol. The predicted molar refractivity (Wildman–Crippen MR) is 70.4 cm³/mol. The smallest absolute Gasteiger partial charge is 0.148 e. The lowest BCUT2D eigenvalue weighted by Crippen LogP contribution is -2.22. The number of aliphatic hydroxyl groups is 1. The summed E-state index contributed by atoms with van der Waals surface area (Å²) in [5.41, 5.74) is 0.944. The fourth-order valence-corrected chi connectivity index (χ4v) is 1.94. The molecule has 1 aromatic carbocycles. The lowest BCUT2D eigenvalue weighted by Gasteiger charge is -2.11. The van der Waals surface area contributed by atoms with Crippen LogP contribution in [0.5, 0.6) is 5.75 Å². The molecule has 1 aromatic rings. The van der Waals surface area contributed by atoms with Gasteiger partial charge in [0, 0.05) is 24.9 Å². The van der Waals surface area contributed by atoms with Gasteiger partial charge >= 0.3 is 0 Å². The van der Waals surface area contributed by atoms with Crippen molar-refractivity contribution in [3.63, 3.8) is 0 Å². The second kappa shape index (κ2) is 7.35. The number of rotatable bonds is 8. The molecule has 0 unspecified atom stereocenters. The van der Waals surface area contributed by atoms with Crippen molar-refractivity contribution in [1.29, 1.82) is 0 Å². The summed E-state index contributed by atoms with van der Waals surface area (Å²) in [6, 6.07) is 7.47. The molecule has 0 saturated heterocycles. The van der Waals surface area contributed by atoms with Gasteiger partial charge in [-0.25, -0.2) is 8.42 Å². The van der Waals surface area contributed by atoms with Gasteiger partial charge in [-0.15, -0.1) is 0 Å². The van der Waals surface area contributed by atoms with Crippen LogP contribution in [0.25, 0.3) is 0 Å². The standard InChI is InChI=1S/C12H19NO4S/c1-18(15,16)9-6-13-10-11-4-2-3-5-12(11)17-8-7-14/h2-5,13-14H,6-10H2,1H3. The van der Waals surface area contributed by atoms with E-state index in [9.17, 15) is 8.42 Å². The second-order valence-electron chi connectivity index (χ2n) is 3.99. The van der Waals surface area contributed by atoms with Crippen LogP contribution in [0.15, 0.2) is 24.3 Å². The molecule has 0 aliphatic carbocycles. The average molecular weight is 273 g/mol. The fourth-order valence-electron chi connectivity index (χ4n) is 1.43. The van der Waals surface area contributed by atoms with Crippen molar-refractivity contribution in [3.05, 3.63) is 29.8 Å². The zero-order valence-electron chi connectivity index (χ0n) is 10.4. The third-order valence-electron chi connectivity index (χ3n) is 2.29. The van der Waals surface area contributed by atoms with E-state index < -0.39 is 9.84 Å². The Kier molecular flexibility index (Phi) is 6.11. The van der Waals surface area contributed by atoms with Crippen LogP contribution in [0.3, 0.4) is 0 Å². The van der Waals surface area contributed by atoms with Crippen molar-refractivity contribution >= 4 is 9.84 Å². The Hall–Kier alpha value is -1.11. The third kappa shape index (κ3) is 6.00. The molecular formula is C12H19NO4S. The van der Waals surface area contributed by atoms with Gasteiger partial charge in [0.2, 0.25) is 0 Å². The van der Waals surface area contributed by atoms with Gasteiger partial charge in [0.05, 0.1) is 12.4 Å². The van der Waals surface area contributed by atoms with Crippen molar-refractivity contribution in [2.45, 2.75) is 6.54 Å². The quantitative estimate of drug-likeness (QED) is 0.661. The highest BCUT2D eigenvalue weighted by molar-refractivity contribution is 7.90. The van der Waals surface area contributed by atoms with E-state index in [1.165, 1.54) is 6.26 Å². The van der Waals surface area contributed by atoms with Crippen LogP contribution in [-0.4, -0.2) is 45.3 Å². The van der Waals surface area contributed by atoms with E-state index in [2.05, 4.69) is 5.32 Å². The van der Waals surface area contributed by atoms with Gasteiger partial charge in [0.25, 0.3) is 0 Å². The van der Waals surface area contributed by atoms with Gasteiger partial charge in [-0.3, -0.25) is 0 Å². The van der Waals surface area contributed by atoms with Crippen LogP contribution >= 0.6 is 0 Å². The Morgan fingerprint density at radius 2 is 2.06 bits per heavy atom. The molecule has 18 heavy (non-hydrogen) atoms. The van der Waals surface area contributed by atoms with E-state index in [1.807, 2.05) is 24.3 Å². The van der Waals surface area contributed by atoms with Crippen molar-refractivity contribution in [2.75, 3.05) is 31.8 Å². The number of nitrogens with one attached hydrogen (secondary N) is 1. The summed E-state index contributed by atoms with van der Waals surface area (Å²) < 4.78 is 27.3. The number of benzene rings is 1. The monoisotopic (exact) mass is 273 g/mol. The van der Waals surface area contributed by atoms with Crippen LogP contribution in [-0.2, 0) is 16.4 Å². The highest BCUT2D eigenvalue weighted by Crippen LogP contribution is 2.17. The molecule has 102 valence electrons.